The van der Waals surface area contributed by atoms with Crippen molar-refractivity contribution >= 4 is 58.3 Å². The van der Waals surface area contributed by atoms with Gasteiger partial charge in [0.15, 0.2) is 0 Å². The molecule has 1 heterocycles. The van der Waals surface area contributed by atoms with Crippen molar-refractivity contribution in [1.29, 1.82) is 0 Å². The normalized spacial score (nSPS) is 19.2. The van der Waals surface area contributed by atoms with Gasteiger partial charge in [-0.15, -0.1) is 0 Å². The average Bonchev–Trinajstić information content (AvgIpc) is 2.81. The molecule has 1 unspecified atom stereocenters. The van der Waals surface area contributed by atoms with Crippen LogP contribution in [0, 0.1) is 0 Å². The summed E-state index contributed by atoms with van der Waals surface area (Å²) in [7, 11) is 0. The van der Waals surface area contributed by atoms with Crippen molar-refractivity contribution in [2.45, 2.75) is 12.5 Å². The molecule has 4 amide bonds. The second kappa shape index (κ2) is 7.38. The number of rotatable bonds is 4. The molecule has 1 atom stereocenters. The Bertz CT molecular complexity index is 933. The number of halogens is 3. The molecule has 2 aromatic carbocycles. The molecule has 1 aliphatic rings. The summed E-state index contributed by atoms with van der Waals surface area (Å²) in [5.41, 5.74) is -0.494. The van der Waals surface area contributed by atoms with Crippen LogP contribution in [-0.2, 0) is 15.1 Å². The molecule has 1 aliphatic heterocycles. The smallest absolute Gasteiger partial charge is 0.325 e. The summed E-state index contributed by atoms with van der Waals surface area (Å²) < 4.78 is 0. The molecule has 0 saturated carbocycles. The Morgan fingerprint density at radius 3 is 2.33 bits per heavy atom. The molecule has 27 heavy (non-hydrogen) atoms. The summed E-state index contributed by atoms with van der Waals surface area (Å²) >= 11 is 17.9. The largest absolute Gasteiger partial charge is 0.325 e. The Kier molecular flexibility index (Phi) is 5.33. The lowest BCUT2D eigenvalue weighted by Crippen LogP contribution is -2.42. The Labute approximate surface area is 170 Å². The highest BCUT2D eigenvalue weighted by atomic mass is 35.5. The van der Waals surface area contributed by atoms with E-state index in [1.54, 1.807) is 36.4 Å². The molecule has 3 rings (SSSR count). The minimum Gasteiger partial charge on any atom is -0.325 e. The highest BCUT2D eigenvalue weighted by Crippen LogP contribution is 2.34. The first-order valence-electron chi connectivity index (χ1n) is 7.86. The molecular formula is C18H14Cl3N3O3. The fourth-order valence-electron chi connectivity index (χ4n) is 2.80. The van der Waals surface area contributed by atoms with E-state index in [2.05, 4.69) is 10.6 Å². The first kappa shape index (κ1) is 19.5. The Hall–Kier alpha value is -2.28. The molecule has 2 aromatic rings. The van der Waals surface area contributed by atoms with Gasteiger partial charge in [-0.05, 0) is 43.3 Å². The first-order valence-corrected chi connectivity index (χ1v) is 8.99. The lowest BCUT2D eigenvalue weighted by atomic mass is 9.92. The van der Waals surface area contributed by atoms with Gasteiger partial charge < -0.3 is 10.6 Å². The first-order chi connectivity index (χ1) is 12.7. The highest BCUT2D eigenvalue weighted by Gasteiger charge is 2.50. The fourth-order valence-corrected chi connectivity index (χ4v) is 3.52. The summed E-state index contributed by atoms with van der Waals surface area (Å²) in [6, 6.07) is 10.4. The van der Waals surface area contributed by atoms with Crippen LogP contribution in [0.5, 0.6) is 0 Å². The molecule has 1 saturated heterocycles. The van der Waals surface area contributed by atoms with Gasteiger partial charge in [0, 0.05) is 26.3 Å². The Morgan fingerprint density at radius 2 is 1.70 bits per heavy atom. The molecule has 6 nitrogen and oxygen atoms in total. The second-order valence-corrected chi connectivity index (χ2v) is 7.41. The molecule has 9 heteroatoms. The van der Waals surface area contributed by atoms with Gasteiger partial charge in [0.2, 0.25) is 5.91 Å². The predicted molar refractivity (Wildman–Crippen MR) is 104 cm³/mol. The fraction of sp³-hybridized carbons (Fsp3) is 0.167. The molecule has 0 spiro atoms. The van der Waals surface area contributed by atoms with Crippen LogP contribution in [0.15, 0.2) is 42.5 Å². The highest BCUT2D eigenvalue weighted by molar-refractivity contribution is 6.35. The van der Waals surface area contributed by atoms with E-state index < -0.39 is 29.9 Å². The number of carbonyl (C=O) groups is 3. The van der Waals surface area contributed by atoms with Gasteiger partial charge in [0.25, 0.3) is 5.91 Å². The molecular weight excluding hydrogens is 413 g/mol. The average molecular weight is 427 g/mol. The number of benzene rings is 2. The van der Waals surface area contributed by atoms with Crippen molar-refractivity contribution in [2.75, 3.05) is 11.9 Å². The zero-order valence-electron chi connectivity index (χ0n) is 14.1. The minimum absolute atomic E-state index is 0.242. The molecule has 2 N–H and O–H groups in total. The van der Waals surface area contributed by atoms with E-state index in [1.807, 2.05) is 0 Å². The molecule has 1 fully saturated rings. The number of hydrogen-bond acceptors (Lipinski definition) is 3. The van der Waals surface area contributed by atoms with E-state index in [0.717, 1.165) is 4.90 Å². The maximum atomic E-state index is 12.9. The maximum absolute atomic E-state index is 12.9. The molecule has 140 valence electrons. The third kappa shape index (κ3) is 3.88. The number of nitrogens with one attached hydrogen (secondary N) is 2. The van der Waals surface area contributed by atoms with Gasteiger partial charge in [-0.25, -0.2) is 4.79 Å². The van der Waals surface area contributed by atoms with E-state index in [0.29, 0.717) is 21.3 Å². The molecule has 0 aliphatic carbocycles. The van der Waals surface area contributed by atoms with Crippen molar-refractivity contribution in [3.05, 3.63) is 63.1 Å². The number of urea groups is 1. The van der Waals surface area contributed by atoms with Crippen LogP contribution in [0.1, 0.15) is 12.5 Å². The van der Waals surface area contributed by atoms with Gasteiger partial charge in [-0.2, -0.15) is 0 Å². The van der Waals surface area contributed by atoms with E-state index in [-0.39, 0.29) is 5.02 Å². The minimum atomic E-state index is -1.39. The summed E-state index contributed by atoms with van der Waals surface area (Å²) in [5.74, 6) is -1.10. The van der Waals surface area contributed by atoms with Crippen LogP contribution >= 0.6 is 34.8 Å². The predicted octanol–water partition coefficient (Wildman–Crippen LogP) is 4.05. The topological polar surface area (TPSA) is 78.5 Å². The third-order valence-corrected chi connectivity index (χ3v) is 4.97. The van der Waals surface area contributed by atoms with E-state index in [4.69, 9.17) is 34.8 Å². The lowest BCUT2D eigenvalue weighted by Gasteiger charge is -2.23. The van der Waals surface area contributed by atoms with Gasteiger partial charge in [-0.3, -0.25) is 14.5 Å². The van der Waals surface area contributed by atoms with Gasteiger partial charge in [0.1, 0.15) is 12.1 Å². The van der Waals surface area contributed by atoms with Crippen LogP contribution in [0.3, 0.4) is 0 Å². The van der Waals surface area contributed by atoms with Crippen LogP contribution in [-0.4, -0.2) is 29.3 Å². The zero-order chi connectivity index (χ0) is 19.8. The number of nitrogens with zero attached hydrogens (tertiary/aromatic N) is 1. The Balaban J connectivity index is 1.77. The molecule has 0 radical (unpaired) electrons. The SMILES string of the molecule is CC1(c2ccc(Cl)cc2Cl)NC(=O)N(CC(=O)Nc2ccc(Cl)cc2)C1=O. The van der Waals surface area contributed by atoms with Gasteiger partial charge in [0.05, 0.1) is 0 Å². The number of amides is 4. The van der Waals surface area contributed by atoms with E-state index in [1.165, 1.54) is 13.0 Å². The summed E-state index contributed by atoms with van der Waals surface area (Å²) in [6.07, 6.45) is 0. The van der Waals surface area contributed by atoms with Crippen molar-refractivity contribution in [3.8, 4) is 0 Å². The van der Waals surface area contributed by atoms with Crippen LogP contribution in [0.25, 0.3) is 0 Å². The van der Waals surface area contributed by atoms with Crippen LogP contribution in [0.2, 0.25) is 15.1 Å². The van der Waals surface area contributed by atoms with Crippen LogP contribution in [0.4, 0.5) is 10.5 Å². The summed E-state index contributed by atoms with van der Waals surface area (Å²) in [4.78, 5) is 38.3. The van der Waals surface area contributed by atoms with Crippen LogP contribution < -0.4 is 10.6 Å². The van der Waals surface area contributed by atoms with Crippen molar-refractivity contribution in [1.82, 2.24) is 10.2 Å². The van der Waals surface area contributed by atoms with Crippen molar-refractivity contribution in [3.63, 3.8) is 0 Å². The van der Waals surface area contributed by atoms with E-state index in [9.17, 15) is 14.4 Å². The maximum Gasteiger partial charge on any atom is 0.325 e. The van der Waals surface area contributed by atoms with Gasteiger partial charge >= 0.3 is 6.03 Å². The number of hydrogen-bond donors (Lipinski definition) is 2. The molecule has 0 aromatic heterocycles. The third-order valence-electron chi connectivity index (χ3n) is 4.17. The molecule has 0 bridgehead atoms. The number of anilines is 1. The Morgan fingerprint density at radius 1 is 1.07 bits per heavy atom. The van der Waals surface area contributed by atoms with Crippen molar-refractivity contribution in [2.24, 2.45) is 0 Å². The standard InChI is InChI=1S/C18H14Cl3N3O3/c1-18(13-7-4-11(20)8-14(13)21)16(26)24(17(27)23-18)9-15(25)22-12-5-2-10(19)3-6-12/h2-8H,9H2,1H3,(H,22,25)(H,23,27). The second-order valence-electron chi connectivity index (χ2n) is 6.13. The lowest BCUT2D eigenvalue weighted by molar-refractivity contribution is -0.133. The number of carbonyl (C=O) groups excluding carboxylic acids is 3. The summed E-state index contributed by atoms with van der Waals surface area (Å²) in [6.45, 7) is 1.09. The quantitative estimate of drug-likeness (QED) is 0.724. The van der Waals surface area contributed by atoms with Gasteiger partial charge in [-0.1, -0.05) is 40.9 Å². The summed E-state index contributed by atoms with van der Waals surface area (Å²) in [5, 5.41) is 6.38. The van der Waals surface area contributed by atoms with E-state index >= 15 is 0 Å². The monoisotopic (exact) mass is 425 g/mol. The zero-order valence-corrected chi connectivity index (χ0v) is 16.3. The number of imide groups is 1. The van der Waals surface area contributed by atoms with Crippen molar-refractivity contribution < 1.29 is 14.4 Å².